The van der Waals surface area contributed by atoms with E-state index in [1.807, 2.05) is 0 Å². The van der Waals surface area contributed by atoms with Crippen LogP contribution in [0.5, 0.6) is 0 Å². The van der Waals surface area contributed by atoms with Crippen molar-refractivity contribution in [2.45, 2.75) is 19.4 Å². The molecule has 8 heteroatoms. The normalized spacial score (nSPS) is 22.1. The number of rotatable bonds is 3. The van der Waals surface area contributed by atoms with Gasteiger partial charge in [0.25, 0.3) is 0 Å². The largest absolute Gasteiger partial charge is 0.478 e. The molecular weight excluding hydrogens is 292 g/mol. The Hall–Kier alpha value is -1.34. The van der Waals surface area contributed by atoms with Gasteiger partial charge in [0.1, 0.15) is 5.15 Å². The highest BCUT2D eigenvalue weighted by Crippen LogP contribution is 2.30. The van der Waals surface area contributed by atoms with Crippen molar-refractivity contribution in [1.82, 2.24) is 9.78 Å². The minimum atomic E-state index is -3.02. The van der Waals surface area contributed by atoms with Gasteiger partial charge in [-0.3, -0.25) is 0 Å². The van der Waals surface area contributed by atoms with Crippen molar-refractivity contribution in [3.05, 3.63) is 22.5 Å². The second-order valence-electron chi connectivity index (χ2n) is 4.46. The molecule has 1 unspecified atom stereocenters. The maximum Gasteiger partial charge on any atom is 0.328 e. The molecule has 0 aromatic carbocycles. The number of sulfone groups is 1. The molecule has 2 heterocycles. The number of carbonyl (C=O) groups is 1. The first-order chi connectivity index (χ1) is 8.80. The van der Waals surface area contributed by atoms with Crippen molar-refractivity contribution in [1.29, 1.82) is 0 Å². The molecule has 1 aliphatic rings. The quantitative estimate of drug-likeness (QED) is 0.850. The van der Waals surface area contributed by atoms with Gasteiger partial charge in [-0.05, 0) is 19.4 Å². The topological polar surface area (TPSA) is 89.3 Å². The van der Waals surface area contributed by atoms with Gasteiger partial charge in [-0.15, -0.1) is 0 Å². The van der Waals surface area contributed by atoms with Crippen molar-refractivity contribution in [2.24, 2.45) is 0 Å². The Morgan fingerprint density at radius 2 is 2.26 bits per heavy atom. The lowest BCUT2D eigenvalue weighted by atomic mass is 10.2. The number of carboxylic acids is 1. The number of hydrogen-bond acceptors (Lipinski definition) is 4. The fourth-order valence-electron chi connectivity index (χ4n) is 2.09. The van der Waals surface area contributed by atoms with Crippen LogP contribution in [-0.2, 0) is 14.6 Å². The molecule has 1 N–H and O–H groups in total. The second-order valence-corrected chi connectivity index (χ2v) is 7.05. The summed E-state index contributed by atoms with van der Waals surface area (Å²) < 4.78 is 24.4. The summed E-state index contributed by atoms with van der Waals surface area (Å²) in [5.41, 5.74) is 1.08. The van der Waals surface area contributed by atoms with Crippen molar-refractivity contribution in [2.75, 3.05) is 11.5 Å². The summed E-state index contributed by atoms with van der Waals surface area (Å²) in [6.07, 6.45) is 2.82. The van der Waals surface area contributed by atoms with E-state index in [0.717, 1.165) is 6.08 Å². The summed E-state index contributed by atoms with van der Waals surface area (Å²) in [4.78, 5) is 10.5. The lowest BCUT2D eigenvalue weighted by Crippen LogP contribution is -2.12. The van der Waals surface area contributed by atoms with Crippen LogP contribution >= 0.6 is 11.6 Å². The summed E-state index contributed by atoms with van der Waals surface area (Å²) in [5.74, 6) is -0.921. The maximum absolute atomic E-state index is 11.5. The molecule has 104 valence electrons. The molecule has 1 aromatic heterocycles. The summed E-state index contributed by atoms with van der Waals surface area (Å²) in [6.45, 7) is 1.70. The molecule has 1 saturated heterocycles. The van der Waals surface area contributed by atoms with E-state index >= 15 is 0 Å². The van der Waals surface area contributed by atoms with Gasteiger partial charge >= 0.3 is 5.97 Å². The van der Waals surface area contributed by atoms with Crippen LogP contribution in [0.1, 0.15) is 23.7 Å². The van der Waals surface area contributed by atoms with E-state index in [1.54, 1.807) is 6.92 Å². The minimum Gasteiger partial charge on any atom is -0.478 e. The van der Waals surface area contributed by atoms with Gasteiger partial charge in [0.2, 0.25) is 0 Å². The number of aryl methyl sites for hydroxylation is 1. The number of hydrogen-bond donors (Lipinski definition) is 1. The highest BCUT2D eigenvalue weighted by molar-refractivity contribution is 7.91. The third-order valence-electron chi connectivity index (χ3n) is 3.02. The predicted molar refractivity (Wildman–Crippen MR) is 71.0 cm³/mol. The molecule has 2 rings (SSSR count). The van der Waals surface area contributed by atoms with Crippen LogP contribution in [0, 0.1) is 6.92 Å². The van der Waals surface area contributed by atoms with E-state index < -0.39 is 15.8 Å². The smallest absolute Gasteiger partial charge is 0.328 e. The van der Waals surface area contributed by atoms with Gasteiger partial charge < -0.3 is 5.11 Å². The molecule has 0 aliphatic carbocycles. The summed E-state index contributed by atoms with van der Waals surface area (Å²) >= 11 is 6.15. The Morgan fingerprint density at radius 3 is 2.79 bits per heavy atom. The molecule has 1 aromatic rings. The van der Waals surface area contributed by atoms with E-state index in [-0.39, 0.29) is 22.7 Å². The van der Waals surface area contributed by atoms with E-state index in [0.29, 0.717) is 17.7 Å². The SMILES string of the molecule is Cc1nn(C2CCS(=O)(=O)C2)c(Cl)c1/C=C/C(=O)O. The number of halogens is 1. The fourth-order valence-corrected chi connectivity index (χ4v) is 4.15. The van der Waals surface area contributed by atoms with Crippen LogP contribution in [0.15, 0.2) is 6.08 Å². The Labute approximate surface area is 115 Å². The number of carboxylic acid groups (broad SMARTS) is 1. The lowest BCUT2D eigenvalue weighted by molar-refractivity contribution is -0.131. The Bertz CT molecular complexity index is 648. The Morgan fingerprint density at radius 1 is 1.58 bits per heavy atom. The monoisotopic (exact) mass is 304 g/mol. The summed E-state index contributed by atoms with van der Waals surface area (Å²) in [6, 6.07) is -0.275. The third-order valence-corrected chi connectivity index (χ3v) is 5.14. The van der Waals surface area contributed by atoms with Crippen LogP contribution in [0.3, 0.4) is 0 Å². The molecule has 1 fully saturated rings. The average molecular weight is 305 g/mol. The maximum atomic E-state index is 11.5. The average Bonchev–Trinajstić information content (AvgIpc) is 2.77. The van der Waals surface area contributed by atoms with Crippen molar-refractivity contribution in [3.63, 3.8) is 0 Å². The third kappa shape index (κ3) is 2.98. The van der Waals surface area contributed by atoms with Crippen LogP contribution in [-0.4, -0.2) is 40.8 Å². The molecule has 0 spiro atoms. The minimum absolute atomic E-state index is 0.0237. The zero-order chi connectivity index (χ0) is 14.2. The Kier molecular flexibility index (Phi) is 3.69. The van der Waals surface area contributed by atoms with Crippen molar-refractivity contribution in [3.8, 4) is 0 Å². The van der Waals surface area contributed by atoms with Crippen LogP contribution in [0.25, 0.3) is 6.08 Å². The number of nitrogens with zero attached hydrogens (tertiary/aromatic N) is 2. The first-order valence-corrected chi connectivity index (χ1v) is 7.86. The van der Waals surface area contributed by atoms with Crippen LogP contribution in [0.2, 0.25) is 5.15 Å². The highest BCUT2D eigenvalue weighted by Gasteiger charge is 2.31. The highest BCUT2D eigenvalue weighted by atomic mass is 35.5. The van der Waals surface area contributed by atoms with Crippen molar-refractivity contribution >= 4 is 33.5 Å². The zero-order valence-electron chi connectivity index (χ0n) is 10.2. The number of aliphatic carboxylic acids is 1. The molecule has 0 amide bonds. The van der Waals surface area contributed by atoms with E-state index in [9.17, 15) is 13.2 Å². The molecule has 19 heavy (non-hydrogen) atoms. The molecule has 0 radical (unpaired) electrons. The van der Waals surface area contributed by atoms with Crippen LogP contribution in [0.4, 0.5) is 0 Å². The molecule has 1 atom stereocenters. The first kappa shape index (κ1) is 14.1. The standard InChI is InChI=1S/C11H13ClN2O4S/c1-7-9(2-3-10(15)16)11(12)14(13-7)8-4-5-19(17,18)6-8/h2-3,8H,4-6H2,1H3,(H,15,16)/b3-2+. The Balaban J connectivity index is 2.34. The molecule has 0 bridgehead atoms. The second kappa shape index (κ2) is 4.97. The zero-order valence-corrected chi connectivity index (χ0v) is 11.8. The van der Waals surface area contributed by atoms with Gasteiger partial charge in [-0.2, -0.15) is 5.10 Å². The van der Waals surface area contributed by atoms with E-state index in [4.69, 9.17) is 16.7 Å². The summed E-state index contributed by atoms with van der Waals surface area (Å²) in [5, 5.41) is 13.1. The fraction of sp³-hybridized carbons (Fsp3) is 0.455. The number of aromatic nitrogens is 2. The van der Waals surface area contributed by atoms with Crippen LogP contribution < -0.4 is 0 Å². The lowest BCUT2D eigenvalue weighted by Gasteiger charge is -2.09. The van der Waals surface area contributed by atoms with E-state index in [2.05, 4.69) is 5.10 Å². The van der Waals surface area contributed by atoms with Gasteiger partial charge in [-0.1, -0.05) is 11.6 Å². The van der Waals surface area contributed by atoms with Gasteiger partial charge in [0.15, 0.2) is 9.84 Å². The summed E-state index contributed by atoms with van der Waals surface area (Å²) in [7, 11) is -3.02. The molecule has 6 nitrogen and oxygen atoms in total. The molecule has 1 aliphatic heterocycles. The van der Waals surface area contributed by atoms with Gasteiger partial charge in [0.05, 0.1) is 23.2 Å². The van der Waals surface area contributed by atoms with Gasteiger partial charge in [-0.25, -0.2) is 17.9 Å². The predicted octanol–water partition coefficient (Wildman–Crippen LogP) is 1.30. The van der Waals surface area contributed by atoms with Crippen molar-refractivity contribution < 1.29 is 18.3 Å². The molecular formula is C11H13ClN2O4S. The van der Waals surface area contributed by atoms with Gasteiger partial charge in [0, 0.05) is 11.6 Å². The first-order valence-electron chi connectivity index (χ1n) is 5.66. The molecule has 0 saturated carbocycles. The van der Waals surface area contributed by atoms with E-state index in [1.165, 1.54) is 10.8 Å².